The average molecular weight is 231 g/mol. The Kier molecular flexibility index (Phi) is 8.10. The van der Waals surface area contributed by atoms with Crippen molar-refractivity contribution in [1.29, 1.82) is 0 Å². The Morgan fingerprint density at radius 3 is 2.69 bits per heavy atom. The number of rotatable bonds is 9. The second-order valence-corrected chi connectivity index (χ2v) is 3.03. The highest BCUT2D eigenvalue weighted by Crippen LogP contribution is 1.93. The lowest BCUT2D eigenvalue weighted by atomic mass is 10.2. The van der Waals surface area contributed by atoms with Crippen molar-refractivity contribution in [2.45, 2.75) is 12.5 Å². The second-order valence-electron chi connectivity index (χ2n) is 3.03. The summed E-state index contributed by atoms with van der Waals surface area (Å²) in [6, 6.07) is -0.948. The van der Waals surface area contributed by atoms with Gasteiger partial charge in [0.05, 0.1) is 13.2 Å². The minimum atomic E-state index is -1.09. The Labute approximate surface area is 94.2 Å². The van der Waals surface area contributed by atoms with Gasteiger partial charge in [0.2, 0.25) is 5.91 Å². The Morgan fingerprint density at radius 1 is 1.50 bits per heavy atom. The molecule has 0 rings (SSSR count). The van der Waals surface area contributed by atoms with Gasteiger partial charge in [-0.15, -0.1) is 6.58 Å². The summed E-state index contributed by atoms with van der Waals surface area (Å²) in [5, 5.41) is 11.1. The summed E-state index contributed by atoms with van der Waals surface area (Å²) in [7, 11) is 1.52. The number of ether oxygens (including phenoxy) is 2. The molecule has 0 aliphatic rings. The van der Waals surface area contributed by atoms with E-state index in [4.69, 9.17) is 14.6 Å². The van der Waals surface area contributed by atoms with Crippen LogP contribution in [0.3, 0.4) is 0 Å². The second kappa shape index (κ2) is 8.87. The molecule has 1 amide bonds. The van der Waals surface area contributed by atoms with Gasteiger partial charge in [0.25, 0.3) is 0 Å². The van der Waals surface area contributed by atoms with Crippen molar-refractivity contribution in [3.8, 4) is 0 Å². The summed E-state index contributed by atoms with van der Waals surface area (Å²) in [6.07, 6.45) is 1.62. The van der Waals surface area contributed by atoms with Crippen molar-refractivity contribution in [3.05, 3.63) is 12.7 Å². The number of amides is 1. The zero-order valence-corrected chi connectivity index (χ0v) is 9.27. The Morgan fingerprint density at radius 2 is 2.19 bits per heavy atom. The maximum atomic E-state index is 11.2. The van der Waals surface area contributed by atoms with Gasteiger partial charge < -0.3 is 19.9 Å². The first-order valence-electron chi connectivity index (χ1n) is 4.81. The van der Waals surface area contributed by atoms with Crippen LogP contribution in [0.25, 0.3) is 0 Å². The van der Waals surface area contributed by atoms with Gasteiger partial charge in [-0.05, 0) is 6.42 Å². The molecule has 1 unspecified atom stereocenters. The van der Waals surface area contributed by atoms with E-state index in [0.29, 0.717) is 13.2 Å². The SMILES string of the molecule is C=CCC(NC(=O)COCCOC)C(=O)O. The number of carbonyl (C=O) groups is 2. The van der Waals surface area contributed by atoms with Gasteiger partial charge in [-0.3, -0.25) is 4.79 Å². The molecule has 16 heavy (non-hydrogen) atoms. The van der Waals surface area contributed by atoms with Crippen LogP contribution < -0.4 is 5.32 Å². The molecule has 92 valence electrons. The van der Waals surface area contributed by atoms with Gasteiger partial charge in [-0.2, -0.15) is 0 Å². The summed E-state index contributed by atoms with van der Waals surface area (Å²) in [6.45, 7) is 3.92. The van der Waals surface area contributed by atoms with E-state index in [1.165, 1.54) is 13.2 Å². The standard InChI is InChI=1S/C10H17NO5/c1-3-4-8(10(13)14)11-9(12)7-16-6-5-15-2/h3,8H,1,4-7H2,2H3,(H,11,12)(H,13,14). The summed E-state index contributed by atoms with van der Waals surface area (Å²) in [5.41, 5.74) is 0. The zero-order valence-electron chi connectivity index (χ0n) is 9.27. The number of hydrogen-bond donors (Lipinski definition) is 2. The molecule has 0 bridgehead atoms. The van der Waals surface area contributed by atoms with Crippen LogP contribution in [0.2, 0.25) is 0 Å². The van der Waals surface area contributed by atoms with Crippen LogP contribution in [0.5, 0.6) is 0 Å². The minimum Gasteiger partial charge on any atom is -0.480 e. The molecular formula is C10H17NO5. The maximum absolute atomic E-state index is 11.2. The molecule has 0 saturated carbocycles. The van der Waals surface area contributed by atoms with Gasteiger partial charge in [0.15, 0.2) is 0 Å². The minimum absolute atomic E-state index is 0.176. The van der Waals surface area contributed by atoms with E-state index in [2.05, 4.69) is 11.9 Å². The quantitative estimate of drug-likeness (QED) is 0.424. The third-order valence-corrected chi connectivity index (χ3v) is 1.70. The van der Waals surface area contributed by atoms with E-state index < -0.39 is 17.9 Å². The van der Waals surface area contributed by atoms with Gasteiger partial charge in [-0.25, -0.2) is 4.79 Å². The van der Waals surface area contributed by atoms with Crippen molar-refractivity contribution in [2.24, 2.45) is 0 Å². The smallest absolute Gasteiger partial charge is 0.326 e. The highest BCUT2D eigenvalue weighted by Gasteiger charge is 2.17. The van der Waals surface area contributed by atoms with Crippen molar-refractivity contribution < 1.29 is 24.2 Å². The van der Waals surface area contributed by atoms with E-state index >= 15 is 0 Å². The number of carboxylic acids is 1. The van der Waals surface area contributed by atoms with Gasteiger partial charge in [-0.1, -0.05) is 6.08 Å². The number of hydrogen-bond acceptors (Lipinski definition) is 4. The molecule has 0 aliphatic carbocycles. The Hall–Kier alpha value is -1.40. The van der Waals surface area contributed by atoms with Crippen LogP contribution in [0, 0.1) is 0 Å². The lowest BCUT2D eigenvalue weighted by molar-refractivity contribution is -0.142. The third kappa shape index (κ3) is 6.97. The zero-order chi connectivity index (χ0) is 12.4. The van der Waals surface area contributed by atoms with Crippen LogP contribution in [0.15, 0.2) is 12.7 Å². The number of carboxylic acid groups (broad SMARTS) is 1. The third-order valence-electron chi connectivity index (χ3n) is 1.70. The van der Waals surface area contributed by atoms with Crippen LogP contribution in [-0.2, 0) is 19.1 Å². The summed E-state index contributed by atoms with van der Waals surface area (Å²) in [5.74, 6) is -1.56. The van der Waals surface area contributed by atoms with Crippen molar-refractivity contribution in [2.75, 3.05) is 26.9 Å². The first-order valence-corrected chi connectivity index (χ1v) is 4.81. The molecule has 0 radical (unpaired) electrons. The monoisotopic (exact) mass is 231 g/mol. The van der Waals surface area contributed by atoms with Crippen molar-refractivity contribution >= 4 is 11.9 Å². The fourth-order valence-electron chi connectivity index (χ4n) is 0.931. The fourth-order valence-corrected chi connectivity index (χ4v) is 0.931. The first kappa shape index (κ1) is 14.6. The lowest BCUT2D eigenvalue weighted by Crippen LogP contribution is -2.42. The number of aliphatic carboxylic acids is 1. The number of nitrogens with one attached hydrogen (secondary N) is 1. The predicted octanol–water partition coefficient (Wildman–Crippen LogP) is -0.205. The molecule has 0 aliphatic heterocycles. The molecule has 0 heterocycles. The highest BCUT2D eigenvalue weighted by molar-refractivity contribution is 5.84. The molecular weight excluding hydrogens is 214 g/mol. The molecule has 0 spiro atoms. The predicted molar refractivity (Wildman–Crippen MR) is 57.1 cm³/mol. The molecule has 6 nitrogen and oxygen atoms in total. The van der Waals surface area contributed by atoms with Crippen LogP contribution in [0.1, 0.15) is 6.42 Å². The Balaban J connectivity index is 3.81. The maximum Gasteiger partial charge on any atom is 0.326 e. The van der Waals surface area contributed by atoms with E-state index in [0.717, 1.165) is 0 Å². The molecule has 0 aromatic rings. The summed E-state index contributed by atoms with van der Waals surface area (Å²) < 4.78 is 9.66. The van der Waals surface area contributed by atoms with Crippen molar-refractivity contribution in [3.63, 3.8) is 0 Å². The normalized spacial score (nSPS) is 11.8. The molecule has 2 N–H and O–H groups in total. The van der Waals surface area contributed by atoms with Crippen LogP contribution >= 0.6 is 0 Å². The number of methoxy groups -OCH3 is 1. The van der Waals surface area contributed by atoms with Gasteiger partial charge in [0.1, 0.15) is 12.6 Å². The summed E-state index contributed by atoms with van der Waals surface area (Å²) >= 11 is 0. The highest BCUT2D eigenvalue weighted by atomic mass is 16.5. The van der Waals surface area contributed by atoms with E-state index in [1.54, 1.807) is 0 Å². The van der Waals surface area contributed by atoms with Gasteiger partial charge >= 0.3 is 5.97 Å². The summed E-state index contributed by atoms with van der Waals surface area (Å²) in [4.78, 5) is 21.9. The molecule has 0 aromatic heterocycles. The molecule has 0 saturated heterocycles. The number of carbonyl (C=O) groups excluding carboxylic acids is 1. The van der Waals surface area contributed by atoms with Crippen molar-refractivity contribution in [1.82, 2.24) is 5.32 Å². The topological polar surface area (TPSA) is 84.9 Å². The first-order chi connectivity index (χ1) is 7.61. The molecule has 6 heteroatoms. The van der Waals surface area contributed by atoms with E-state index in [1.807, 2.05) is 0 Å². The van der Waals surface area contributed by atoms with E-state index in [-0.39, 0.29) is 13.0 Å². The fraction of sp³-hybridized carbons (Fsp3) is 0.600. The molecule has 1 atom stereocenters. The lowest BCUT2D eigenvalue weighted by Gasteiger charge is -2.12. The molecule has 0 aromatic carbocycles. The molecule has 0 fully saturated rings. The van der Waals surface area contributed by atoms with Crippen LogP contribution in [-0.4, -0.2) is 50.0 Å². The average Bonchev–Trinajstić information content (AvgIpc) is 2.23. The Bertz CT molecular complexity index is 241. The van der Waals surface area contributed by atoms with E-state index in [9.17, 15) is 9.59 Å². The van der Waals surface area contributed by atoms with Crippen LogP contribution in [0.4, 0.5) is 0 Å². The van der Waals surface area contributed by atoms with Gasteiger partial charge in [0, 0.05) is 7.11 Å². The largest absolute Gasteiger partial charge is 0.480 e.